The zero-order valence-corrected chi connectivity index (χ0v) is 9.56. The fraction of sp³-hybridized carbons (Fsp3) is 0.600. The zero-order chi connectivity index (χ0) is 12.3. The topological polar surface area (TPSA) is 72.9 Å². The van der Waals surface area contributed by atoms with Gasteiger partial charge in [-0.25, -0.2) is 4.79 Å². The summed E-state index contributed by atoms with van der Waals surface area (Å²) in [6.07, 6.45) is -0.395. The summed E-state index contributed by atoms with van der Waals surface area (Å²) in [5, 5.41) is 11.5. The van der Waals surface area contributed by atoms with Crippen LogP contribution in [0.4, 0.5) is 4.79 Å². The van der Waals surface area contributed by atoms with E-state index in [1.807, 2.05) is 0 Å². The van der Waals surface area contributed by atoms with Gasteiger partial charge in [0.1, 0.15) is 12.9 Å². The highest BCUT2D eigenvalue weighted by molar-refractivity contribution is 5.92. The van der Waals surface area contributed by atoms with E-state index in [2.05, 4.69) is 11.9 Å². The van der Waals surface area contributed by atoms with Crippen LogP contribution < -0.4 is 5.32 Å². The molecule has 0 aromatic heterocycles. The van der Waals surface area contributed by atoms with Gasteiger partial charge >= 0.3 is 6.03 Å². The third-order valence-corrected chi connectivity index (χ3v) is 2.49. The number of carbonyl (C=O) groups is 2. The maximum absolute atomic E-state index is 11.6. The molecule has 0 aromatic carbocycles. The van der Waals surface area contributed by atoms with Gasteiger partial charge < -0.3 is 15.3 Å². The molecule has 1 rings (SSSR count). The second kappa shape index (κ2) is 4.98. The van der Waals surface area contributed by atoms with Crippen molar-refractivity contribution in [1.82, 2.24) is 15.1 Å². The van der Waals surface area contributed by atoms with Crippen LogP contribution in [0.2, 0.25) is 0 Å². The van der Waals surface area contributed by atoms with Crippen LogP contribution in [-0.2, 0) is 4.79 Å². The van der Waals surface area contributed by atoms with E-state index in [9.17, 15) is 9.59 Å². The summed E-state index contributed by atoms with van der Waals surface area (Å²) < 4.78 is 0. The summed E-state index contributed by atoms with van der Waals surface area (Å²) >= 11 is 0. The number of aliphatic hydroxyl groups is 1. The van der Waals surface area contributed by atoms with Gasteiger partial charge in [0, 0.05) is 18.7 Å². The van der Waals surface area contributed by atoms with E-state index in [4.69, 9.17) is 5.11 Å². The Balaban J connectivity index is 2.56. The molecule has 1 unspecified atom stereocenters. The highest BCUT2D eigenvalue weighted by Gasteiger charge is 2.31. The van der Waals surface area contributed by atoms with Crippen molar-refractivity contribution in [1.29, 1.82) is 0 Å². The first-order valence-corrected chi connectivity index (χ1v) is 5.10. The van der Waals surface area contributed by atoms with E-state index < -0.39 is 6.17 Å². The van der Waals surface area contributed by atoms with E-state index in [1.165, 1.54) is 9.80 Å². The molecule has 0 aliphatic carbocycles. The average molecular weight is 227 g/mol. The minimum Gasteiger partial charge on any atom is -0.376 e. The highest BCUT2D eigenvalue weighted by Crippen LogP contribution is 2.10. The lowest BCUT2D eigenvalue weighted by atomic mass is 10.3. The number of carbonyl (C=O) groups excluding carboxylic acids is 2. The summed E-state index contributed by atoms with van der Waals surface area (Å²) in [6, 6.07) is -0.267. The first kappa shape index (κ1) is 12.5. The summed E-state index contributed by atoms with van der Waals surface area (Å²) in [4.78, 5) is 25.8. The molecule has 16 heavy (non-hydrogen) atoms. The number of amides is 3. The Labute approximate surface area is 94.5 Å². The SMILES string of the molecule is C=C(C)C(=O)NC(C)N1CCN(CO)C1=O. The molecule has 90 valence electrons. The second-order valence-electron chi connectivity index (χ2n) is 3.81. The average Bonchev–Trinajstić information content (AvgIpc) is 2.59. The van der Waals surface area contributed by atoms with E-state index in [0.29, 0.717) is 18.7 Å². The number of aliphatic hydroxyl groups excluding tert-OH is 1. The fourth-order valence-corrected chi connectivity index (χ4v) is 1.48. The molecule has 0 radical (unpaired) electrons. The lowest BCUT2D eigenvalue weighted by Gasteiger charge is -2.25. The van der Waals surface area contributed by atoms with Crippen molar-refractivity contribution < 1.29 is 14.7 Å². The standard InChI is InChI=1S/C10H17N3O3/c1-7(2)9(15)11-8(3)13-5-4-12(6-14)10(13)16/h8,14H,1,4-6H2,2-3H3,(H,11,15). The van der Waals surface area contributed by atoms with Crippen molar-refractivity contribution in [3.63, 3.8) is 0 Å². The first-order valence-electron chi connectivity index (χ1n) is 5.10. The third-order valence-electron chi connectivity index (χ3n) is 2.49. The van der Waals surface area contributed by atoms with Crippen molar-refractivity contribution in [3.05, 3.63) is 12.2 Å². The fourth-order valence-electron chi connectivity index (χ4n) is 1.48. The minimum atomic E-state index is -0.395. The molecule has 6 nitrogen and oxygen atoms in total. The Kier molecular flexibility index (Phi) is 3.89. The van der Waals surface area contributed by atoms with E-state index >= 15 is 0 Å². The van der Waals surface area contributed by atoms with Gasteiger partial charge in [0.05, 0.1) is 0 Å². The Hall–Kier alpha value is -1.56. The number of nitrogens with one attached hydrogen (secondary N) is 1. The molecule has 3 amide bonds. The maximum atomic E-state index is 11.6. The largest absolute Gasteiger partial charge is 0.376 e. The van der Waals surface area contributed by atoms with Gasteiger partial charge in [0.15, 0.2) is 0 Å². The van der Waals surface area contributed by atoms with E-state index in [0.717, 1.165) is 0 Å². The normalized spacial score (nSPS) is 17.6. The highest BCUT2D eigenvalue weighted by atomic mass is 16.3. The van der Waals surface area contributed by atoms with Gasteiger partial charge in [-0.1, -0.05) is 6.58 Å². The molecule has 1 heterocycles. The van der Waals surface area contributed by atoms with E-state index in [-0.39, 0.29) is 18.7 Å². The van der Waals surface area contributed by atoms with Gasteiger partial charge in [0.25, 0.3) is 0 Å². The molecule has 1 aliphatic heterocycles. The number of nitrogens with zero attached hydrogens (tertiary/aromatic N) is 2. The number of hydrogen-bond donors (Lipinski definition) is 2. The van der Waals surface area contributed by atoms with Crippen molar-refractivity contribution in [2.75, 3.05) is 19.8 Å². The van der Waals surface area contributed by atoms with Gasteiger partial charge in [-0.2, -0.15) is 0 Å². The van der Waals surface area contributed by atoms with Crippen LogP contribution in [0.15, 0.2) is 12.2 Å². The Morgan fingerprint density at radius 1 is 1.62 bits per heavy atom. The van der Waals surface area contributed by atoms with Crippen LogP contribution in [0, 0.1) is 0 Å². The molecular weight excluding hydrogens is 210 g/mol. The molecule has 1 saturated heterocycles. The third kappa shape index (κ3) is 2.52. The number of urea groups is 1. The predicted molar refractivity (Wildman–Crippen MR) is 58.3 cm³/mol. The minimum absolute atomic E-state index is 0.267. The summed E-state index contributed by atoms with van der Waals surface area (Å²) in [6.45, 7) is 7.52. The second-order valence-corrected chi connectivity index (χ2v) is 3.81. The van der Waals surface area contributed by atoms with Gasteiger partial charge in [0.2, 0.25) is 5.91 Å². The summed E-state index contributed by atoms with van der Waals surface area (Å²) in [5.74, 6) is -0.275. The summed E-state index contributed by atoms with van der Waals surface area (Å²) in [5.41, 5.74) is 0.400. The number of rotatable bonds is 4. The zero-order valence-electron chi connectivity index (χ0n) is 9.56. The van der Waals surface area contributed by atoms with Crippen LogP contribution in [0.3, 0.4) is 0 Å². The smallest absolute Gasteiger partial charge is 0.323 e. The Bertz CT molecular complexity index is 316. The molecule has 0 aromatic rings. The van der Waals surface area contributed by atoms with Crippen LogP contribution in [0.1, 0.15) is 13.8 Å². The lowest BCUT2D eigenvalue weighted by Crippen LogP contribution is -2.48. The van der Waals surface area contributed by atoms with Crippen molar-refractivity contribution in [2.45, 2.75) is 20.0 Å². The van der Waals surface area contributed by atoms with Gasteiger partial charge in [-0.15, -0.1) is 0 Å². The molecule has 0 spiro atoms. The molecule has 1 aliphatic rings. The summed E-state index contributed by atoms with van der Waals surface area (Å²) in [7, 11) is 0. The molecule has 1 atom stereocenters. The molecular formula is C10H17N3O3. The van der Waals surface area contributed by atoms with Crippen LogP contribution >= 0.6 is 0 Å². The van der Waals surface area contributed by atoms with E-state index in [1.54, 1.807) is 13.8 Å². The van der Waals surface area contributed by atoms with Gasteiger partial charge in [-0.3, -0.25) is 9.69 Å². The molecule has 0 saturated carbocycles. The Morgan fingerprint density at radius 2 is 2.25 bits per heavy atom. The lowest BCUT2D eigenvalue weighted by molar-refractivity contribution is -0.118. The molecule has 6 heteroatoms. The first-order chi connectivity index (χ1) is 7.47. The molecule has 2 N–H and O–H groups in total. The quantitative estimate of drug-likeness (QED) is 0.648. The van der Waals surface area contributed by atoms with Crippen molar-refractivity contribution >= 4 is 11.9 Å². The maximum Gasteiger partial charge on any atom is 0.323 e. The van der Waals surface area contributed by atoms with Gasteiger partial charge in [-0.05, 0) is 13.8 Å². The Morgan fingerprint density at radius 3 is 2.69 bits per heavy atom. The van der Waals surface area contributed by atoms with Crippen LogP contribution in [0.5, 0.6) is 0 Å². The molecule has 1 fully saturated rings. The van der Waals surface area contributed by atoms with Crippen LogP contribution in [-0.4, -0.2) is 52.8 Å². The monoisotopic (exact) mass is 227 g/mol. The molecule has 0 bridgehead atoms. The predicted octanol–water partition coefficient (Wildman–Crippen LogP) is -0.288. The number of hydrogen-bond acceptors (Lipinski definition) is 3. The van der Waals surface area contributed by atoms with Crippen LogP contribution in [0.25, 0.3) is 0 Å². The van der Waals surface area contributed by atoms with Crippen molar-refractivity contribution in [2.24, 2.45) is 0 Å². The van der Waals surface area contributed by atoms with Crippen molar-refractivity contribution in [3.8, 4) is 0 Å².